The normalized spacial score (nSPS) is 12.0. The van der Waals surface area contributed by atoms with Gasteiger partial charge in [-0.25, -0.2) is 9.97 Å². The highest BCUT2D eigenvalue weighted by atomic mass is 79.9. The van der Waals surface area contributed by atoms with E-state index in [2.05, 4.69) is 150 Å². The van der Waals surface area contributed by atoms with E-state index in [9.17, 15) is 0 Å². The molecule has 208 valence electrons. The lowest BCUT2D eigenvalue weighted by atomic mass is 9.86. The van der Waals surface area contributed by atoms with E-state index >= 15 is 0 Å². The Morgan fingerprint density at radius 2 is 1.15 bits per heavy atom. The molecule has 3 nitrogen and oxygen atoms in total. The fraction of sp³-hybridized carbons (Fsp3) is 0.270. The summed E-state index contributed by atoms with van der Waals surface area (Å²) in [6.45, 7) is 17.4. The van der Waals surface area contributed by atoms with Gasteiger partial charge in [-0.1, -0.05) is 123 Å². The van der Waals surface area contributed by atoms with E-state index in [4.69, 9.17) is 15.0 Å². The van der Waals surface area contributed by atoms with E-state index in [1.807, 2.05) is 6.20 Å². The predicted octanol–water partition coefficient (Wildman–Crippen LogP) is 10.5. The summed E-state index contributed by atoms with van der Waals surface area (Å²) in [7, 11) is 0. The van der Waals surface area contributed by atoms with Gasteiger partial charge in [0.2, 0.25) is 0 Å². The molecule has 0 atom stereocenters. The smallest absolute Gasteiger partial charge is 0.161 e. The van der Waals surface area contributed by atoms with Crippen LogP contribution in [-0.2, 0) is 10.8 Å². The zero-order chi connectivity index (χ0) is 29.5. The first-order valence-corrected chi connectivity index (χ1v) is 14.9. The summed E-state index contributed by atoms with van der Waals surface area (Å²) >= 11 is 3.87. The number of aromatic nitrogens is 3. The van der Waals surface area contributed by atoms with E-state index < -0.39 is 0 Å². The van der Waals surface area contributed by atoms with Crippen LogP contribution in [0.15, 0.2) is 89.5 Å². The highest BCUT2D eigenvalue weighted by molar-refractivity contribution is 9.10. The van der Waals surface area contributed by atoms with Crippen molar-refractivity contribution >= 4 is 15.9 Å². The fourth-order valence-electron chi connectivity index (χ4n) is 5.03. The van der Waals surface area contributed by atoms with Crippen molar-refractivity contribution in [2.45, 2.75) is 66.2 Å². The van der Waals surface area contributed by atoms with Gasteiger partial charge in [0, 0.05) is 32.6 Å². The molecule has 5 rings (SSSR count). The maximum absolute atomic E-state index is 4.94. The van der Waals surface area contributed by atoms with Crippen LogP contribution in [0, 0.1) is 13.8 Å². The number of aryl methyl sites for hydroxylation is 2. The van der Waals surface area contributed by atoms with Gasteiger partial charge < -0.3 is 0 Å². The third-order valence-corrected chi connectivity index (χ3v) is 7.96. The molecule has 41 heavy (non-hydrogen) atoms. The highest BCUT2D eigenvalue weighted by Crippen LogP contribution is 2.38. The van der Waals surface area contributed by atoms with E-state index in [-0.39, 0.29) is 10.8 Å². The van der Waals surface area contributed by atoms with Crippen molar-refractivity contribution in [2.24, 2.45) is 0 Å². The van der Waals surface area contributed by atoms with Crippen LogP contribution in [-0.4, -0.2) is 15.0 Å². The Labute approximate surface area is 253 Å². The average molecular weight is 605 g/mol. The molecule has 0 N–H and O–H groups in total. The number of hydrogen-bond acceptors (Lipinski definition) is 3. The second kappa shape index (κ2) is 11.0. The van der Waals surface area contributed by atoms with Gasteiger partial charge in [0.05, 0.1) is 17.1 Å². The maximum atomic E-state index is 4.94. The van der Waals surface area contributed by atoms with Crippen LogP contribution >= 0.6 is 15.9 Å². The average Bonchev–Trinajstić information content (AvgIpc) is 2.91. The summed E-state index contributed by atoms with van der Waals surface area (Å²) in [6.07, 6.45) is 1.89. The zero-order valence-electron chi connectivity index (χ0n) is 25.3. The summed E-state index contributed by atoms with van der Waals surface area (Å²) in [6, 6.07) is 28.1. The lowest BCUT2D eigenvalue weighted by Crippen LogP contribution is -2.20. The number of nitrogens with zero attached hydrogens (tertiary/aromatic N) is 3. The SMILES string of the molecule is Cc1cc(C)cc(-c2ccccc2-c2ccc(-c3ccc(-c4nc(C(C)(C)C)cc(C(C)(C)C)n4)cn3)cc2Br)c1. The van der Waals surface area contributed by atoms with Crippen molar-refractivity contribution in [3.63, 3.8) is 0 Å². The second-order valence-corrected chi connectivity index (χ2v) is 13.9. The first-order valence-electron chi connectivity index (χ1n) is 14.1. The lowest BCUT2D eigenvalue weighted by Gasteiger charge is -2.24. The molecule has 0 bridgehead atoms. The van der Waals surface area contributed by atoms with Gasteiger partial charge in [0.25, 0.3) is 0 Å². The van der Waals surface area contributed by atoms with Gasteiger partial charge in [0.15, 0.2) is 5.82 Å². The molecule has 0 unspecified atom stereocenters. The van der Waals surface area contributed by atoms with Crippen molar-refractivity contribution in [1.82, 2.24) is 15.0 Å². The lowest BCUT2D eigenvalue weighted by molar-refractivity contribution is 0.539. The van der Waals surface area contributed by atoms with Crippen molar-refractivity contribution in [2.75, 3.05) is 0 Å². The highest BCUT2D eigenvalue weighted by Gasteiger charge is 2.23. The molecule has 0 aliphatic heterocycles. The summed E-state index contributed by atoms with van der Waals surface area (Å²) in [5.41, 5.74) is 12.2. The largest absolute Gasteiger partial charge is 0.255 e. The van der Waals surface area contributed by atoms with Crippen LogP contribution in [0.25, 0.3) is 44.9 Å². The molecule has 0 aliphatic carbocycles. The maximum Gasteiger partial charge on any atom is 0.161 e. The first-order chi connectivity index (χ1) is 19.3. The summed E-state index contributed by atoms with van der Waals surface area (Å²) < 4.78 is 1.04. The van der Waals surface area contributed by atoms with Crippen molar-refractivity contribution in [3.05, 3.63) is 112 Å². The second-order valence-electron chi connectivity index (χ2n) is 13.0. The standard InChI is InChI=1S/C37H38BrN3/c1-23-17-24(2)19-27(18-23)28-11-9-10-12-29(28)30-15-13-25(20-31(30)38)32-16-14-26(22-39-32)35-40-33(36(3,4)5)21-34(41-35)37(6,7)8/h9-22H,1-8H3. The Bertz CT molecular complexity index is 1670. The minimum atomic E-state index is -0.0735. The van der Waals surface area contributed by atoms with Crippen molar-refractivity contribution < 1.29 is 0 Å². The van der Waals surface area contributed by atoms with E-state index in [0.717, 1.165) is 44.1 Å². The molecule has 2 aromatic heterocycles. The quantitative estimate of drug-likeness (QED) is 0.205. The van der Waals surface area contributed by atoms with E-state index in [0.29, 0.717) is 0 Å². The van der Waals surface area contributed by atoms with Gasteiger partial charge in [-0.2, -0.15) is 0 Å². The molecule has 0 aliphatic rings. The van der Waals surface area contributed by atoms with Gasteiger partial charge >= 0.3 is 0 Å². The number of benzene rings is 3. The molecule has 0 saturated carbocycles. The van der Waals surface area contributed by atoms with E-state index in [1.165, 1.54) is 27.8 Å². The van der Waals surface area contributed by atoms with Gasteiger partial charge in [-0.05, 0) is 60.4 Å². The van der Waals surface area contributed by atoms with Crippen LogP contribution in [0.3, 0.4) is 0 Å². The summed E-state index contributed by atoms with van der Waals surface area (Å²) in [5, 5.41) is 0. The third-order valence-electron chi connectivity index (χ3n) is 7.30. The summed E-state index contributed by atoms with van der Waals surface area (Å²) in [4.78, 5) is 14.7. The third kappa shape index (κ3) is 6.33. The molecule has 0 saturated heterocycles. The molecule has 4 heteroatoms. The van der Waals surface area contributed by atoms with Crippen molar-refractivity contribution in [1.29, 1.82) is 0 Å². The Morgan fingerprint density at radius 1 is 0.561 bits per heavy atom. The summed E-state index contributed by atoms with van der Waals surface area (Å²) in [5.74, 6) is 0.723. The molecule has 0 spiro atoms. The molecule has 0 fully saturated rings. The minimum absolute atomic E-state index is 0.0735. The minimum Gasteiger partial charge on any atom is -0.255 e. The van der Waals surface area contributed by atoms with Gasteiger partial charge in [0.1, 0.15) is 0 Å². The van der Waals surface area contributed by atoms with E-state index in [1.54, 1.807) is 0 Å². The van der Waals surface area contributed by atoms with Crippen LogP contribution in [0.4, 0.5) is 0 Å². The zero-order valence-corrected chi connectivity index (χ0v) is 26.9. The molecular weight excluding hydrogens is 566 g/mol. The van der Waals surface area contributed by atoms with Crippen LogP contribution in [0.2, 0.25) is 0 Å². The van der Waals surface area contributed by atoms with Crippen LogP contribution in [0.5, 0.6) is 0 Å². The topological polar surface area (TPSA) is 38.7 Å². The number of hydrogen-bond donors (Lipinski definition) is 0. The molecule has 3 aromatic carbocycles. The molecule has 2 heterocycles. The number of rotatable bonds is 4. The Kier molecular flexibility index (Phi) is 7.74. The van der Waals surface area contributed by atoms with Crippen LogP contribution < -0.4 is 0 Å². The van der Waals surface area contributed by atoms with Crippen LogP contribution in [0.1, 0.15) is 64.1 Å². The molecule has 5 aromatic rings. The number of pyridine rings is 1. The van der Waals surface area contributed by atoms with Gasteiger partial charge in [-0.3, -0.25) is 4.98 Å². The molecule has 0 radical (unpaired) electrons. The predicted molar refractivity (Wildman–Crippen MR) is 176 cm³/mol. The van der Waals surface area contributed by atoms with Gasteiger partial charge in [-0.15, -0.1) is 0 Å². The Balaban J connectivity index is 1.49. The first kappa shape index (κ1) is 28.9. The Hall–Kier alpha value is -3.63. The molecular formula is C37H38BrN3. The Morgan fingerprint density at radius 3 is 1.68 bits per heavy atom. The van der Waals surface area contributed by atoms with Crippen molar-refractivity contribution in [3.8, 4) is 44.9 Å². The number of halogens is 1. The molecule has 0 amide bonds. The monoisotopic (exact) mass is 603 g/mol. The fourth-order valence-corrected chi connectivity index (χ4v) is 5.63.